The Labute approximate surface area is 296 Å². The van der Waals surface area contributed by atoms with E-state index in [1.807, 2.05) is 0 Å². The Balaban J connectivity index is 0.00000417. The predicted molar refractivity (Wildman–Crippen MR) is 205 cm³/mol. The molecule has 0 heterocycles. The van der Waals surface area contributed by atoms with Gasteiger partial charge in [-0.3, -0.25) is 0 Å². The third-order valence-corrected chi connectivity index (χ3v) is 27.5. The second-order valence-corrected chi connectivity index (χ2v) is 24.9. The van der Waals surface area contributed by atoms with Gasteiger partial charge in [-0.05, 0) is 0 Å². The molecular weight excluding hydrogens is 726 g/mol. The quantitative estimate of drug-likeness (QED) is 0.0782. The number of rotatable bonds is 9. The van der Waals surface area contributed by atoms with Crippen LogP contribution in [0.2, 0.25) is 0 Å². The molecule has 0 saturated heterocycles. The predicted octanol–water partition coefficient (Wildman–Crippen LogP) is 9.64. The van der Waals surface area contributed by atoms with E-state index < -0.39 is 11.9 Å². The van der Waals surface area contributed by atoms with Gasteiger partial charge >= 0.3 is 279 Å². The molecule has 0 aromatic heterocycles. The van der Waals surface area contributed by atoms with E-state index in [0.29, 0.717) is 0 Å². The van der Waals surface area contributed by atoms with E-state index in [1.165, 1.54) is 0 Å². The Morgan fingerprint density at radius 1 is 0.391 bits per heavy atom. The molecule has 0 aliphatic rings. The summed E-state index contributed by atoms with van der Waals surface area (Å²) in [5.74, 6) is -8.20. The number of allylic oxidation sites excluding steroid dienone is 2. The number of halogens is 2. The van der Waals surface area contributed by atoms with E-state index in [1.54, 1.807) is 0 Å². The number of benzene rings is 6. The van der Waals surface area contributed by atoms with Gasteiger partial charge in [0.1, 0.15) is 0 Å². The summed E-state index contributed by atoms with van der Waals surface area (Å²) in [5.41, 5.74) is 1.16. The van der Waals surface area contributed by atoms with Gasteiger partial charge in [0.2, 0.25) is 0 Å². The summed E-state index contributed by atoms with van der Waals surface area (Å²) >= 11 is 18.3. The average molecular weight is 765 g/mol. The molecular formula is C41H38Cl2P2Ru. The Kier molecular flexibility index (Phi) is 10.3. The third kappa shape index (κ3) is 5.17. The fourth-order valence-corrected chi connectivity index (χ4v) is 28.0. The smallest absolute Gasteiger partial charge is 0 e. The molecule has 0 amide bonds. The molecule has 0 unspecified atom stereocenters. The van der Waals surface area contributed by atoms with Crippen LogP contribution in [-0.4, -0.2) is 5.40 Å². The molecule has 6 aromatic carbocycles. The minimum absolute atomic E-state index is 0. The molecule has 0 nitrogen and oxygen atoms in total. The van der Waals surface area contributed by atoms with Crippen molar-refractivity contribution < 1.29 is 19.5 Å². The van der Waals surface area contributed by atoms with E-state index >= 15 is 0 Å². The zero-order valence-electron chi connectivity index (χ0n) is 26.0. The van der Waals surface area contributed by atoms with Gasteiger partial charge in [0.15, 0.2) is 0 Å². The van der Waals surface area contributed by atoms with Crippen molar-refractivity contribution in [1.82, 2.24) is 0 Å². The summed E-state index contributed by atoms with van der Waals surface area (Å²) in [6, 6.07) is 64.4. The van der Waals surface area contributed by atoms with Crippen molar-refractivity contribution in [3.8, 4) is 0 Å². The fourth-order valence-electron chi connectivity index (χ4n) is 7.11. The summed E-state index contributed by atoms with van der Waals surface area (Å²) in [4.78, 5) is 0. The molecule has 0 aliphatic heterocycles. The van der Waals surface area contributed by atoms with E-state index in [9.17, 15) is 0 Å². The topological polar surface area (TPSA) is 0 Å². The first-order valence-corrected chi connectivity index (χ1v) is 21.7. The minimum Gasteiger partial charge on any atom is 0 e. The van der Waals surface area contributed by atoms with Gasteiger partial charge in [-0.1, -0.05) is 0 Å². The van der Waals surface area contributed by atoms with Gasteiger partial charge in [0.25, 0.3) is 0 Å². The van der Waals surface area contributed by atoms with Crippen molar-refractivity contribution in [2.24, 2.45) is 0 Å². The van der Waals surface area contributed by atoms with Gasteiger partial charge in [0.05, 0.1) is 0 Å². The van der Waals surface area contributed by atoms with Gasteiger partial charge < -0.3 is 0 Å². The van der Waals surface area contributed by atoms with Crippen molar-refractivity contribution in [3.05, 3.63) is 194 Å². The van der Waals surface area contributed by atoms with Crippen LogP contribution in [0.5, 0.6) is 0 Å². The maximum Gasteiger partial charge on any atom is 0 e. The normalized spacial score (nSPS) is 13.9. The fraction of sp³-hybridized carbons (Fsp3) is 0.0732. The summed E-state index contributed by atoms with van der Waals surface area (Å²) in [5, 5.41) is 6.13. The van der Waals surface area contributed by atoms with Crippen molar-refractivity contribution in [3.63, 3.8) is 0 Å². The van der Waals surface area contributed by atoms with Crippen LogP contribution < -0.4 is 31.8 Å². The van der Waals surface area contributed by atoms with Crippen LogP contribution in [0.4, 0.5) is 0 Å². The summed E-state index contributed by atoms with van der Waals surface area (Å²) < 4.78 is 0. The molecule has 0 fully saturated rings. The van der Waals surface area contributed by atoms with Crippen LogP contribution in [0.25, 0.3) is 0 Å². The summed E-state index contributed by atoms with van der Waals surface area (Å²) in [6.07, 6.45) is 2.41. The standard InChI is InChI=1S/C41H38Cl2P2.Ru/c1-34(2)33-41(44(42,35-21-9-3-10-22-35,36-23-11-4-12-24-36)37-25-13-5-14-26-37)45(43,38-27-15-6-16-28-38,39-29-17-7-18-30-39)40-31-19-8-20-32-40;/h3-33,41H,1-2H3;. The second kappa shape index (κ2) is 13.7. The maximum atomic E-state index is 9.14. The molecule has 0 spiro atoms. The first kappa shape index (κ1) is 34.5. The van der Waals surface area contributed by atoms with Crippen molar-refractivity contribution >= 4 is 66.2 Å². The van der Waals surface area contributed by atoms with Gasteiger partial charge in [-0.25, -0.2) is 0 Å². The monoisotopic (exact) mass is 764 g/mol. The van der Waals surface area contributed by atoms with E-state index in [4.69, 9.17) is 22.5 Å². The Morgan fingerprint density at radius 2 is 0.565 bits per heavy atom. The molecule has 46 heavy (non-hydrogen) atoms. The van der Waals surface area contributed by atoms with E-state index in [-0.39, 0.29) is 24.9 Å². The minimum atomic E-state index is -4.10. The molecule has 6 aromatic rings. The summed E-state index contributed by atoms with van der Waals surface area (Å²) in [7, 11) is 0. The zero-order chi connectivity index (χ0) is 31.4. The van der Waals surface area contributed by atoms with E-state index in [0.717, 1.165) is 37.4 Å². The first-order valence-electron chi connectivity index (χ1n) is 15.3. The molecule has 0 aliphatic carbocycles. The SMILES string of the molecule is CC(C)=CC(P(Cl)(c1ccccc1)(c1ccccc1)c1ccccc1)P(Cl)(c1ccccc1)(c1ccccc1)c1ccccc1.[Ru]. The Bertz CT molecular complexity index is 1560. The molecule has 0 atom stereocenters. The largest absolute Gasteiger partial charge is 0 e. The first-order chi connectivity index (χ1) is 21.8. The molecule has 234 valence electrons. The van der Waals surface area contributed by atoms with Gasteiger partial charge in [-0.2, -0.15) is 0 Å². The second-order valence-electron chi connectivity index (χ2n) is 11.8. The number of hydrogen-bond donors (Lipinski definition) is 0. The van der Waals surface area contributed by atoms with Crippen LogP contribution >= 0.6 is 34.4 Å². The van der Waals surface area contributed by atoms with Crippen LogP contribution in [0.15, 0.2) is 194 Å². The number of hydrogen-bond acceptors (Lipinski definition) is 0. The molecule has 0 bridgehead atoms. The zero-order valence-corrected chi connectivity index (χ0v) is 31.0. The van der Waals surface area contributed by atoms with Gasteiger partial charge in [0, 0.05) is 19.5 Å². The maximum absolute atomic E-state index is 9.14. The van der Waals surface area contributed by atoms with Crippen LogP contribution in [-0.2, 0) is 19.5 Å². The molecule has 0 N–H and O–H groups in total. The van der Waals surface area contributed by atoms with E-state index in [2.05, 4.69) is 202 Å². The molecule has 6 rings (SSSR count). The van der Waals surface area contributed by atoms with Crippen LogP contribution in [0.3, 0.4) is 0 Å². The Morgan fingerprint density at radius 3 is 0.717 bits per heavy atom. The molecule has 0 saturated carbocycles. The van der Waals surface area contributed by atoms with Crippen LogP contribution in [0.1, 0.15) is 13.8 Å². The van der Waals surface area contributed by atoms with Crippen molar-refractivity contribution in [2.75, 3.05) is 0 Å². The van der Waals surface area contributed by atoms with Crippen LogP contribution in [0, 0.1) is 0 Å². The van der Waals surface area contributed by atoms with Crippen molar-refractivity contribution in [2.45, 2.75) is 19.2 Å². The molecule has 5 heteroatoms. The molecule has 0 radical (unpaired) electrons. The average Bonchev–Trinajstić information content (AvgIpc) is 3.12. The van der Waals surface area contributed by atoms with Gasteiger partial charge in [-0.15, -0.1) is 0 Å². The van der Waals surface area contributed by atoms with Crippen molar-refractivity contribution in [1.29, 1.82) is 0 Å². The third-order valence-electron chi connectivity index (χ3n) is 9.04. The summed E-state index contributed by atoms with van der Waals surface area (Å²) in [6.45, 7) is 4.34. The Hall–Kier alpha value is -2.88.